The number of allylic oxidation sites excluding steroid dienone is 2. The molecule has 2 bridgehead atoms. The number of hydrogen-bond acceptors (Lipinski definition) is 5. The summed E-state index contributed by atoms with van der Waals surface area (Å²) in [5.41, 5.74) is 1.63. The van der Waals surface area contributed by atoms with E-state index in [4.69, 9.17) is 16.3 Å². The molecule has 0 unspecified atom stereocenters. The molecule has 0 radical (unpaired) electrons. The van der Waals surface area contributed by atoms with Crippen molar-refractivity contribution >= 4 is 33.2 Å². The van der Waals surface area contributed by atoms with Crippen LogP contribution >= 0.6 is 11.6 Å². The van der Waals surface area contributed by atoms with E-state index in [2.05, 4.69) is 15.7 Å². The molecule has 10 heteroatoms. The number of ether oxygens (including phenoxy) is 1. The molecule has 1 spiro atoms. The monoisotopic (exact) mass is 660 g/mol. The van der Waals surface area contributed by atoms with Gasteiger partial charge in [0, 0.05) is 29.1 Å². The summed E-state index contributed by atoms with van der Waals surface area (Å²) in [7, 11) is -4.03. The highest BCUT2D eigenvalue weighted by Gasteiger charge is 2.52. The predicted molar refractivity (Wildman–Crippen MR) is 174 cm³/mol. The molecular weight excluding hydrogens is 618 g/mol. The molecule has 6 nitrogen and oxygen atoms in total. The van der Waals surface area contributed by atoms with Crippen LogP contribution in [0.1, 0.15) is 80.8 Å². The zero-order valence-electron chi connectivity index (χ0n) is 26.2. The van der Waals surface area contributed by atoms with Crippen LogP contribution in [0.5, 0.6) is 5.75 Å². The maximum absolute atomic E-state index is 15.1. The number of alkyl halides is 2. The molecule has 6 rings (SSSR count). The number of carbonyl (C=O) groups excluding carboxylic acids is 1. The fourth-order valence-corrected chi connectivity index (χ4v) is 9.69. The molecule has 1 amide bonds. The number of sulfonamides is 1. The van der Waals surface area contributed by atoms with E-state index >= 15 is 8.78 Å². The smallest absolute Gasteiger partial charge is 0.264 e. The number of fused-ring (bicyclic) bond motifs is 4. The summed E-state index contributed by atoms with van der Waals surface area (Å²) < 4.78 is 65.6. The summed E-state index contributed by atoms with van der Waals surface area (Å²) in [6, 6.07) is 11.1. The normalized spacial score (nSPS) is 33.7. The molecule has 2 aromatic rings. The van der Waals surface area contributed by atoms with Crippen molar-refractivity contribution in [3.8, 4) is 5.75 Å². The lowest BCUT2D eigenvalue weighted by molar-refractivity contribution is -0.0675. The number of amides is 1. The Morgan fingerprint density at radius 3 is 2.67 bits per heavy atom. The quantitative estimate of drug-likeness (QED) is 0.337. The minimum absolute atomic E-state index is 0.0157. The fraction of sp³-hybridized carbons (Fsp3) is 0.571. The molecule has 4 aliphatic rings. The molecule has 2 aliphatic heterocycles. The minimum Gasteiger partial charge on any atom is -0.490 e. The number of hydrogen-bond donors (Lipinski definition) is 1. The van der Waals surface area contributed by atoms with Crippen molar-refractivity contribution in [1.82, 2.24) is 4.72 Å². The highest BCUT2D eigenvalue weighted by Crippen LogP contribution is 2.54. The van der Waals surface area contributed by atoms with Gasteiger partial charge in [-0.05, 0) is 111 Å². The number of carbonyl (C=O) groups is 1. The van der Waals surface area contributed by atoms with Crippen molar-refractivity contribution in [2.45, 2.75) is 82.8 Å². The Labute approximate surface area is 270 Å². The van der Waals surface area contributed by atoms with E-state index in [9.17, 15) is 13.2 Å². The van der Waals surface area contributed by atoms with Gasteiger partial charge in [0.15, 0.2) is 0 Å². The van der Waals surface area contributed by atoms with Gasteiger partial charge in [-0.15, -0.1) is 0 Å². The van der Waals surface area contributed by atoms with Crippen LogP contribution in [0.15, 0.2) is 48.6 Å². The zero-order chi connectivity index (χ0) is 32.1. The van der Waals surface area contributed by atoms with Crippen LogP contribution in [-0.2, 0) is 21.9 Å². The van der Waals surface area contributed by atoms with Crippen LogP contribution in [-0.4, -0.2) is 45.7 Å². The maximum Gasteiger partial charge on any atom is 0.264 e. The lowest BCUT2D eigenvalue weighted by atomic mass is 9.57. The topological polar surface area (TPSA) is 75.7 Å². The standard InChI is InChI=1S/C35H43ClF2N2O4S/c1-4-35(33(37)38)16-5-7-22(2)23(3)45(42,43)39-32(41)25-10-14-31-30(18-25)40(19-26-9-12-29(26)35)20-34(21-44-31)15-6-8-24-17-27(36)11-13-28(24)34/h5,10-11,13-14,16-18,22-23,26,29,33H,4,6-9,12,15,19-21H2,1-3H3,(H,39,41)/b16-5+/t22-,23+,26-,29+,34-,35-/m0/s1. The van der Waals surface area contributed by atoms with Crippen molar-refractivity contribution in [1.29, 1.82) is 0 Å². The third-order valence-corrected chi connectivity index (χ3v) is 13.5. The first kappa shape index (κ1) is 32.3. The molecule has 244 valence electrons. The minimum atomic E-state index is -4.03. The van der Waals surface area contributed by atoms with Gasteiger partial charge in [0.2, 0.25) is 16.4 Å². The Hall–Kier alpha value is -2.65. The number of rotatable bonds is 2. The molecule has 1 N–H and O–H groups in total. The number of halogens is 3. The summed E-state index contributed by atoms with van der Waals surface area (Å²) in [6.07, 6.45) is 5.80. The first-order valence-electron chi connectivity index (χ1n) is 16.2. The second-order valence-corrected chi connectivity index (χ2v) is 16.3. The first-order chi connectivity index (χ1) is 21.4. The molecule has 6 atom stereocenters. The lowest BCUT2D eigenvalue weighted by Crippen LogP contribution is -2.52. The van der Waals surface area contributed by atoms with E-state index in [1.807, 2.05) is 19.1 Å². The Morgan fingerprint density at radius 1 is 1.16 bits per heavy atom. The molecule has 0 saturated heterocycles. The molecule has 45 heavy (non-hydrogen) atoms. The van der Waals surface area contributed by atoms with Crippen LogP contribution in [0.3, 0.4) is 0 Å². The molecule has 0 aromatic heterocycles. The molecule has 2 aliphatic carbocycles. The number of nitrogens with one attached hydrogen (secondary N) is 1. The van der Waals surface area contributed by atoms with Crippen LogP contribution < -0.4 is 14.4 Å². The van der Waals surface area contributed by atoms with Gasteiger partial charge < -0.3 is 9.64 Å². The van der Waals surface area contributed by atoms with Gasteiger partial charge >= 0.3 is 0 Å². The average Bonchev–Trinajstić information content (AvgIpc) is 3.14. The highest BCUT2D eigenvalue weighted by molar-refractivity contribution is 7.90. The predicted octanol–water partition coefficient (Wildman–Crippen LogP) is 7.54. The van der Waals surface area contributed by atoms with Crippen molar-refractivity contribution in [3.05, 3.63) is 70.3 Å². The van der Waals surface area contributed by atoms with Crippen molar-refractivity contribution < 1.29 is 26.7 Å². The van der Waals surface area contributed by atoms with Gasteiger partial charge in [0.25, 0.3) is 5.91 Å². The van der Waals surface area contributed by atoms with Crippen molar-refractivity contribution in [2.75, 3.05) is 24.6 Å². The highest BCUT2D eigenvalue weighted by atomic mass is 35.5. The SMILES string of the molecule is CC[C@]1(C(F)F)/C=C/C[C@H](C)[C@@H](C)S(=O)(=O)NC(=O)c2ccc3c(c2)N(C[C@@H]2CC[C@H]21)C[C@@]1(CCCc2cc(Cl)ccc21)CO3. The fourth-order valence-electron chi connectivity index (χ4n) is 8.21. The second-order valence-electron chi connectivity index (χ2n) is 13.8. The van der Waals surface area contributed by atoms with Gasteiger partial charge in [-0.3, -0.25) is 4.79 Å². The maximum atomic E-state index is 15.1. The van der Waals surface area contributed by atoms with Gasteiger partial charge in [-0.25, -0.2) is 21.9 Å². The van der Waals surface area contributed by atoms with Gasteiger partial charge in [0.1, 0.15) is 5.75 Å². The third kappa shape index (κ3) is 5.77. The molecular formula is C35H43ClF2N2O4S. The summed E-state index contributed by atoms with van der Waals surface area (Å²) >= 11 is 6.39. The summed E-state index contributed by atoms with van der Waals surface area (Å²) in [5, 5.41) is -0.213. The summed E-state index contributed by atoms with van der Waals surface area (Å²) in [5.74, 6) is -0.691. The summed E-state index contributed by atoms with van der Waals surface area (Å²) in [4.78, 5) is 15.6. The van der Waals surface area contributed by atoms with Gasteiger partial charge in [0.05, 0.1) is 23.0 Å². The second kappa shape index (κ2) is 12.2. The van der Waals surface area contributed by atoms with E-state index in [-0.39, 0.29) is 28.7 Å². The number of anilines is 1. The molecule has 2 heterocycles. The van der Waals surface area contributed by atoms with Gasteiger partial charge in [-0.1, -0.05) is 43.7 Å². The van der Waals surface area contributed by atoms with E-state index in [1.54, 1.807) is 44.2 Å². The van der Waals surface area contributed by atoms with Crippen LogP contribution in [0.4, 0.5) is 14.5 Å². The van der Waals surface area contributed by atoms with E-state index in [0.29, 0.717) is 55.4 Å². The zero-order valence-corrected chi connectivity index (χ0v) is 27.8. The third-order valence-electron chi connectivity index (χ3n) is 11.3. The van der Waals surface area contributed by atoms with Crippen molar-refractivity contribution in [2.24, 2.45) is 23.2 Å². The number of benzene rings is 2. The average molecular weight is 661 g/mol. The Kier molecular flexibility index (Phi) is 8.74. The van der Waals surface area contributed by atoms with E-state index < -0.39 is 33.0 Å². The lowest BCUT2D eigenvalue weighted by Gasteiger charge is -2.51. The molecule has 1 fully saturated rings. The Balaban J connectivity index is 1.47. The molecule has 2 aromatic carbocycles. The van der Waals surface area contributed by atoms with Crippen LogP contribution in [0.2, 0.25) is 5.02 Å². The Bertz CT molecular complexity index is 1600. The van der Waals surface area contributed by atoms with Crippen molar-refractivity contribution in [3.63, 3.8) is 0 Å². The summed E-state index contributed by atoms with van der Waals surface area (Å²) in [6.45, 7) is 6.70. The van der Waals surface area contributed by atoms with Crippen LogP contribution in [0.25, 0.3) is 0 Å². The van der Waals surface area contributed by atoms with E-state index in [0.717, 1.165) is 25.7 Å². The Morgan fingerprint density at radius 2 is 1.96 bits per heavy atom. The van der Waals surface area contributed by atoms with Crippen LogP contribution in [0, 0.1) is 23.2 Å². The first-order valence-corrected chi connectivity index (χ1v) is 18.1. The number of nitrogens with zero attached hydrogens (tertiary/aromatic N) is 1. The number of aryl methyl sites for hydroxylation is 1. The van der Waals surface area contributed by atoms with Gasteiger partial charge in [-0.2, -0.15) is 0 Å². The van der Waals surface area contributed by atoms with E-state index in [1.165, 1.54) is 11.1 Å². The molecule has 1 saturated carbocycles. The largest absolute Gasteiger partial charge is 0.490 e.